The number of benzene rings is 3. The van der Waals surface area contributed by atoms with Gasteiger partial charge >= 0.3 is 6.09 Å². The van der Waals surface area contributed by atoms with E-state index in [0.717, 1.165) is 11.1 Å². The van der Waals surface area contributed by atoms with Crippen LogP contribution in [0.4, 0.5) is 4.79 Å². The Hall–Kier alpha value is -3.40. The summed E-state index contributed by atoms with van der Waals surface area (Å²) >= 11 is 0. The number of amides is 1. The number of hydrogen-bond donors (Lipinski definition) is 2. The normalized spacial score (nSPS) is 13.2. The Morgan fingerprint density at radius 2 is 1.49 bits per heavy atom. The number of aliphatic hydroxyl groups excluding tert-OH is 1. The number of sulfonamides is 1. The quantitative estimate of drug-likeness (QED) is 0.301. The van der Waals surface area contributed by atoms with Gasteiger partial charge in [0.1, 0.15) is 12.4 Å². The van der Waals surface area contributed by atoms with Crippen molar-refractivity contribution in [2.24, 2.45) is 5.92 Å². The molecule has 3 aromatic carbocycles. The summed E-state index contributed by atoms with van der Waals surface area (Å²) in [5.41, 5.74) is 1.71. The summed E-state index contributed by atoms with van der Waals surface area (Å²) in [4.78, 5) is 12.8. The average molecular weight is 555 g/mol. The molecule has 0 fully saturated rings. The molecule has 2 N–H and O–H groups in total. The first-order valence-corrected chi connectivity index (χ1v) is 14.5. The van der Waals surface area contributed by atoms with Crippen molar-refractivity contribution in [3.8, 4) is 5.75 Å². The predicted octanol–water partition coefficient (Wildman–Crippen LogP) is 4.63. The van der Waals surface area contributed by atoms with Gasteiger partial charge in [0.05, 0.1) is 23.6 Å². The van der Waals surface area contributed by atoms with Crippen LogP contribution in [0.2, 0.25) is 0 Å². The Morgan fingerprint density at radius 3 is 2.05 bits per heavy atom. The molecule has 9 heteroatoms. The third-order valence-corrected chi connectivity index (χ3v) is 7.86. The fraction of sp³-hybridized carbons (Fsp3) is 0.367. The second-order valence-electron chi connectivity index (χ2n) is 9.69. The minimum absolute atomic E-state index is 0.00560. The van der Waals surface area contributed by atoms with Crippen LogP contribution in [0.25, 0.3) is 0 Å². The van der Waals surface area contributed by atoms with Gasteiger partial charge in [0.15, 0.2) is 0 Å². The Labute approximate surface area is 231 Å². The molecule has 0 aliphatic carbocycles. The van der Waals surface area contributed by atoms with E-state index in [2.05, 4.69) is 5.32 Å². The fourth-order valence-corrected chi connectivity index (χ4v) is 5.73. The largest absolute Gasteiger partial charge is 0.494 e. The molecule has 3 aromatic rings. The van der Waals surface area contributed by atoms with Crippen molar-refractivity contribution < 1.29 is 27.8 Å². The average Bonchev–Trinajstić information content (AvgIpc) is 2.92. The lowest BCUT2D eigenvalue weighted by atomic mass is 10.0. The highest BCUT2D eigenvalue weighted by Gasteiger charge is 2.31. The Kier molecular flexibility index (Phi) is 11.3. The van der Waals surface area contributed by atoms with Gasteiger partial charge in [0, 0.05) is 13.1 Å². The van der Waals surface area contributed by atoms with Gasteiger partial charge in [-0.15, -0.1) is 0 Å². The van der Waals surface area contributed by atoms with E-state index in [9.17, 15) is 18.3 Å². The van der Waals surface area contributed by atoms with Gasteiger partial charge in [-0.05, 0) is 54.7 Å². The molecular weight excluding hydrogens is 516 g/mol. The van der Waals surface area contributed by atoms with Crippen LogP contribution in [0.15, 0.2) is 89.8 Å². The molecule has 2 atom stereocenters. The summed E-state index contributed by atoms with van der Waals surface area (Å²) in [5.74, 6) is 0.582. The first-order chi connectivity index (χ1) is 18.7. The third-order valence-electron chi connectivity index (χ3n) is 6.01. The van der Waals surface area contributed by atoms with Crippen LogP contribution in [-0.2, 0) is 27.8 Å². The summed E-state index contributed by atoms with van der Waals surface area (Å²) < 4.78 is 39.3. The summed E-state index contributed by atoms with van der Waals surface area (Å²) in [7, 11) is -3.93. The van der Waals surface area contributed by atoms with Crippen molar-refractivity contribution in [2.45, 2.75) is 50.8 Å². The Morgan fingerprint density at radius 1 is 0.897 bits per heavy atom. The fourth-order valence-electron chi connectivity index (χ4n) is 4.10. The number of hydrogen-bond acceptors (Lipinski definition) is 6. The van der Waals surface area contributed by atoms with Crippen LogP contribution in [0.3, 0.4) is 0 Å². The molecule has 39 heavy (non-hydrogen) atoms. The molecular formula is C30H38N2O6S. The third kappa shape index (κ3) is 9.38. The van der Waals surface area contributed by atoms with Gasteiger partial charge in [-0.2, -0.15) is 4.31 Å². The summed E-state index contributed by atoms with van der Waals surface area (Å²) in [6.07, 6.45) is -1.60. The molecule has 1 amide bonds. The van der Waals surface area contributed by atoms with Crippen LogP contribution in [0.5, 0.6) is 5.75 Å². The highest BCUT2D eigenvalue weighted by Crippen LogP contribution is 2.22. The van der Waals surface area contributed by atoms with Crippen molar-refractivity contribution in [1.29, 1.82) is 0 Å². The molecule has 0 bridgehead atoms. The molecule has 0 radical (unpaired) electrons. The summed E-state index contributed by atoms with van der Waals surface area (Å²) in [6, 6.07) is 24.1. The van der Waals surface area contributed by atoms with E-state index in [0.29, 0.717) is 18.8 Å². The topological polar surface area (TPSA) is 105 Å². The Bertz CT molecular complexity index is 1250. The van der Waals surface area contributed by atoms with Gasteiger partial charge in [0.2, 0.25) is 10.0 Å². The number of aliphatic hydroxyl groups is 1. The van der Waals surface area contributed by atoms with E-state index < -0.39 is 28.3 Å². The van der Waals surface area contributed by atoms with E-state index in [1.165, 1.54) is 16.4 Å². The molecule has 0 heterocycles. The molecule has 1 unspecified atom stereocenters. The number of rotatable bonds is 14. The van der Waals surface area contributed by atoms with Crippen molar-refractivity contribution in [3.63, 3.8) is 0 Å². The molecule has 0 spiro atoms. The molecule has 8 nitrogen and oxygen atoms in total. The number of ether oxygens (including phenoxy) is 2. The highest BCUT2D eigenvalue weighted by atomic mass is 32.2. The van der Waals surface area contributed by atoms with Crippen LogP contribution < -0.4 is 10.1 Å². The molecule has 0 saturated heterocycles. The van der Waals surface area contributed by atoms with Gasteiger partial charge in [-0.3, -0.25) is 0 Å². The molecule has 0 saturated carbocycles. The zero-order valence-corrected chi connectivity index (χ0v) is 23.5. The number of alkyl carbamates (subject to hydrolysis) is 1. The first-order valence-electron chi connectivity index (χ1n) is 13.1. The maximum absolute atomic E-state index is 13.6. The van der Waals surface area contributed by atoms with Gasteiger partial charge in [-0.1, -0.05) is 74.5 Å². The smallest absolute Gasteiger partial charge is 0.407 e. The zero-order valence-electron chi connectivity index (χ0n) is 22.7. The molecule has 3 rings (SSSR count). The van der Waals surface area contributed by atoms with Crippen LogP contribution in [0.1, 0.15) is 31.9 Å². The lowest BCUT2D eigenvalue weighted by Gasteiger charge is -2.30. The highest BCUT2D eigenvalue weighted by molar-refractivity contribution is 7.89. The maximum Gasteiger partial charge on any atom is 0.407 e. The SMILES string of the molecule is CCOc1ccc(S(=O)(=O)N(CC(C)C)CC(O)[C@H](Cc2ccccc2)NC(=O)OCc2ccccc2)cc1. The minimum Gasteiger partial charge on any atom is -0.494 e. The van der Waals surface area contributed by atoms with E-state index in [4.69, 9.17) is 9.47 Å². The molecule has 210 valence electrons. The first kappa shape index (κ1) is 30.1. The summed E-state index contributed by atoms with van der Waals surface area (Å²) in [6.45, 7) is 6.22. The van der Waals surface area contributed by atoms with Crippen LogP contribution in [-0.4, -0.2) is 55.8 Å². The molecule has 0 aliphatic rings. The van der Waals surface area contributed by atoms with Crippen molar-refractivity contribution >= 4 is 16.1 Å². The van der Waals surface area contributed by atoms with E-state index in [-0.39, 0.29) is 30.5 Å². The lowest BCUT2D eigenvalue weighted by Crippen LogP contribution is -2.51. The van der Waals surface area contributed by atoms with Gasteiger partial charge in [0.25, 0.3) is 0 Å². The standard InChI is InChI=1S/C30H38N2O6S/c1-4-37-26-15-17-27(18-16-26)39(35,36)32(20-23(2)3)21-29(33)28(19-24-11-7-5-8-12-24)31-30(34)38-22-25-13-9-6-10-14-25/h5-18,23,28-29,33H,4,19-22H2,1-3H3,(H,31,34)/t28-,29?/m0/s1. The maximum atomic E-state index is 13.6. The van der Waals surface area contributed by atoms with E-state index >= 15 is 0 Å². The van der Waals surface area contributed by atoms with Gasteiger partial charge < -0.3 is 19.9 Å². The van der Waals surface area contributed by atoms with E-state index in [1.54, 1.807) is 12.1 Å². The zero-order chi connectivity index (χ0) is 28.3. The monoisotopic (exact) mass is 554 g/mol. The molecule has 0 aliphatic heterocycles. The van der Waals surface area contributed by atoms with Crippen LogP contribution >= 0.6 is 0 Å². The van der Waals surface area contributed by atoms with Crippen LogP contribution in [0, 0.1) is 5.92 Å². The van der Waals surface area contributed by atoms with Crippen molar-refractivity contribution in [3.05, 3.63) is 96.1 Å². The van der Waals surface area contributed by atoms with Gasteiger partial charge in [-0.25, -0.2) is 13.2 Å². The summed E-state index contributed by atoms with van der Waals surface area (Å²) in [5, 5.41) is 14.1. The predicted molar refractivity (Wildman–Crippen MR) is 151 cm³/mol. The van der Waals surface area contributed by atoms with Crippen molar-refractivity contribution in [1.82, 2.24) is 9.62 Å². The number of carbonyl (C=O) groups is 1. The van der Waals surface area contributed by atoms with E-state index in [1.807, 2.05) is 81.4 Å². The second kappa shape index (κ2) is 14.7. The lowest BCUT2D eigenvalue weighted by molar-refractivity contribution is 0.0873. The second-order valence-corrected chi connectivity index (χ2v) is 11.6. The molecule has 0 aromatic heterocycles. The number of carbonyl (C=O) groups excluding carboxylic acids is 1. The number of nitrogens with one attached hydrogen (secondary N) is 1. The number of nitrogens with zero attached hydrogens (tertiary/aromatic N) is 1. The van der Waals surface area contributed by atoms with Crippen molar-refractivity contribution in [2.75, 3.05) is 19.7 Å². The Balaban J connectivity index is 1.79. The minimum atomic E-state index is -3.93.